The summed E-state index contributed by atoms with van der Waals surface area (Å²) in [6.45, 7) is 6.30. The van der Waals surface area contributed by atoms with E-state index in [1.165, 1.54) is 19.3 Å². The maximum Gasteiger partial charge on any atom is 0.309 e. The number of carbonyl (C=O) groups is 1. The van der Waals surface area contributed by atoms with Crippen molar-refractivity contribution in [3.8, 4) is 0 Å². The lowest BCUT2D eigenvalue weighted by Gasteiger charge is -2.40. The lowest BCUT2D eigenvalue weighted by atomic mass is 9.63. The Kier molecular flexibility index (Phi) is 4.82. The predicted octanol–water partition coefficient (Wildman–Crippen LogP) is 4.09. The van der Waals surface area contributed by atoms with Crippen molar-refractivity contribution in [3.63, 3.8) is 0 Å². The van der Waals surface area contributed by atoms with Gasteiger partial charge in [-0.15, -0.1) is 0 Å². The van der Waals surface area contributed by atoms with Gasteiger partial charge in [0.2, 0.25) is 0 Å². The zero-order chi connectivity index (χ0) is 12.2. The van der Waals surface area contributed by atoms with E-state index in [4.69, 9.17) is 0 Å². The molecule has 16 heavy (non-hydrogen) atoms. The summed E-state index contributed by atoms with van der Waals surface area (Å²) in [5.41, 5.74) is -0.451. The second-order valence-electron chi connectivity index (χ2n) is 5.31. The smallest absolute Gasteiger partial charge is 0.309 e. The van der Waals surface area contributed by atoms with Crippen LogP contribution in [0, 0.1) is 17.3 Å². The van der Waals surface area contributed by atoms with Gasteiger partial charge in [-0.2, -0.15) is 0 Å². The van der Waals surface area contributed by atoms with Crippen LogP contribution in [-0.2, 0) is 4.79 Å². The van der Waals surface area contributed by atoms with E-state index in [1.807, 2.05) is 13.8 Å². The van der Waals surface area contributed by atoms with E-state index in [2.05, 4.69) is 6.92 Å². The normalized spacial score (nSPS) is 26.7. The van der Waals surface area contributed by atoms with Crippen molar-refractivity contribution in [3.05, 3.63) is 0 Å². The number of hydrogen-bond donors (Lipinski definition) is 1. The van der Waals surface area contributed by atoms with Gasteiger partial charge in [-0.1, -0.05) is 40.0 Å². The van der Waals surface area contributed by atoms with Crippen LogP contribution in [0.4, 0.5) is 0 Å². The van der Waals surface area contributed by atoms with Crippen LogP contribution in [0.1, 0.15) is 65.7 Å². The van der Waals surface area contributed by atoms with Crippen LogP contribution in [0.25, 0.3) is 0 Å². The predicted molar refractivity (Wildman–Crippen MR) is 66.4 cm³/mol. The van der Waals surface area contributed by atoms with Crippen molar-refractivity contribution in [2.75, 3.05) is 0 Å². The quantitative estimate of drug-likeness (QED) is 0.766. The second kappa shape index (κ2) is 5.70. The van der Waals surface area contributed by atoms with Crippen LogP contribution in [0.3, 0.4) is 0 Å². The molecule has 1 aliphatic rings. The average molecular weight is 226 g/mol. The summed E-state index contributed by atoms with van der Waals surface area (Å²) < 4.78 is 0. The molecule has 0 bridgehead atoms. The Hall–Kier alpha value is -0.530. The molecule has 0 heterocycles. The SMILES string of the molecule is CCC1CCCC(C(CC)(CC)C(=O)O)C1. The average Bonchev–Trinajstić information content (AvgIpc) is 2.31. The summed E-state index contributed by atoms with van der Waals surface area (Å²) in [5, 5.41) is 9.53. The molecular formula is C14H26O2. The third kappa shape index (κ3) is 2.41. The first kappa shape index (κ1) is 13.5. The molecule has 2 nitrogen and oxygen atoms in total. The molecule has 0 aliphatic heterocycles. The van der Waals surface area contributed by atoms with E-state index in [-0.39, 0.29) is 0 Å². The van der Waals surface area contributed by atoms with Gasteiger partial charge in [0.15, 0.2) is 0 Å². The molecule has 1 fully saturated rings. The van der Waals surface area contributed by atoms with Crippen molar-refractivity contribution >= 4 is 5.97 Å². The molecule has 0 aromatic heterocycles. The van der Waals surface area contributed by atoms with E-state index in [1.54, 1.807) is 0 Å². The number of carboxylic acids is 1. The van der Waals surface area contributed by atoms with Gasteiger partial charge in [0.05, 0.1) is 5.41 Å². The molecule has 1 aliphatic carbocycles. The highest BCUT2D eigenvalue weighted by Crippen LogP contribution is 2.46. The summed E-state index contributed by atoms with van der Waals surface area (Å²) in [7, 11) is 0. The maximum atomic E-state index is 11.6. The second-order valence-corrected chi connectivity index (χ2v) is 5.31. The first-order valence-electron chi connectivity index (χ1n) is 6.84. The zero-order valence-electron chi connectivity index (χ0n) is 11.0. The maximum absolute atomic E-state index is 11.6. The molecule has 0 amide bonds. The molecule has 2 unspecified atom stereocenters. The summed E-state index contributed by atoms with van der Waals surface area (Å²) >= 11 is 0. The number of aliphatic carboxylic acids is 1. The minimum absolute atomic E-state index is 0.402. The van der Waals surface area contributed by atoms with E-state index in [9.17, 15) is 9.90 Å². The molecule has 1 N–H and O–H groups in total. The number of hydrogen-bond acceptors (Lipinski definition) is 1. The molecule has 0 spiro atoms. The van der Waals surface area contributed by atoms with Gasteiger partial charge in [0, 0.05) is 0 Å². The van der Waals surface area contributed by atoms with Crippen molar-refractivity contribution < 1.29 is 9.90 Å². The molecule has 0 aromatic carbocycles. The lowest BCUT2D eigenvalue weighted by Crippen LogP contribution is -2.40. The summed E-state index contributed by atoms with van der Waals surface area (Å²) in [6.07, 6.45) is 7.53. The van der Waals surface area contributed by atoms with Crippen LogP contribution in [0.15, 0.2) is 0 Å². The first-order valence-corrected chi connectivity index (χ1v) is 6.84. The highest BCUT2D eigenvalue weighted by atomic mass is 16.4. The standard InChI is InChI=1S/C14H26O2/c1-4-11-8-7-9-12(10-11)14(5-2,6-3)13(15)16/h11-12H,4-10H2,1-3H3,(H,15,16). The largest absolute Gasteiger partial charge is 0.481 e. The lowest BCUT2D eigenvalue weighted by molar-refractivity contribution is -0.155. The Bertz CT molecular complexity index is 231. The molecule has 0 aromatic rings. The minimum atomic E-state index is -0.570. The number of carboxylic acid groups (broad SMARTS) is 1. The van der Waals surface area contributed by atoms with E-state index < -0.39 is 11.4 Å². The van der Waals surface area contributed by atoms with Crippen molar-refractivity contribution in [1.82, 2.24) is 0 Å². The van der Waals surface area contributed by atoms with E-state index in [0.717, 1.165) is 31.6 Å². The summed E-state index contributed by atoms with van der Waals surface area (Å²) in [5.74, 6) is 0.591. The molecule has 94 valence electrons. The van der Waals surface area contributed by atoms with E-state index in [0.29, 0.717) is 5.92 Å². The van der Waals surface area contributed by atoms with Crippen LogP contribution in [-0.4, -0.2) is 11.1 Å². The summed E-state index contributed by atoms with van der Waals surface area (Å²) in [6, 6.07) is 0. The molecule has 1 saturated carbocycles. The third-order valence-corrected chi connectivity index (χ3v) is 4.83. The van der Waals surface area contributed by atoms with E-state index >= 15 is 0 Å². The topological polar surface area (TPSA) is 37.3 Å². The summed E-state index contributed by atoms with van der Waals surface area (Å²) in [4.78, 5) is 11.6. The van der Waals surface area contributed by atoms with Gasteiger partial charge in [-0.05, 0) is 37.5 Å². The van der Waals surface area contributed by atoms with Crippen LogP contribution in [0.5, 0.6) is 0 Å². The van der Waals surface area contributed by atoms with Crippen LogP contribution >= 0.6 is 0 Å². The van der Waals surface area contributed by atoms with Gasteiger partial charge in [0.25, 0.3) is 0 Å². The van der Waals surface area contributed by atoms with Crippen LogP contribution in [0.2, 0.25) is 0 Å². The molecule has 0 saturated heterocycles. The van der Waals surface area contributed by atoms with Gasteiger partial charge in [-0.25, -0.2) is 0 Å². The fourth-order valence-electron chi connectivity index (χ4n) is 3.47. The molecule has 2 atom stereocenters. The molecule has 0 radical (unpaired) electrons. The first-order chi connectivity index (χ1) is 7.60. The van der Waals surface area contributed by atoms with Gasteiger partial charge >= 0.3 is 5.97 Å². The van der Waals surface area contributed by atoms with Gasteiger partial charge < -0.3 is 5.11 Å². The van der Waals surface area contributed by atoms with Crippen LogP contribution < -0.4 is 0 Å². The Labute approximate surface area is 99.4 Å². The van der Waals surface area contributed by atoms with Crippen molar-refractivity contribution in [1.29, 1.82) is 0 Å². The third-order valence-electron chi connectivity index (χ3n) is 4.83. The Morgan fingerprint density at radius 1 is 1.25 bits per heavy atom. The van der Waals surface area contributed by atoms with Crippen molar-refractivity contribution in [2.24, 2.45) is 17.3 Å². The fraction of sp³-hybridized carbons (Fsp3) is 0.929. The van der Waals surface area contributed by atoms with Gasteiger partial charge in [-0.3, -0.25) is 4.79 Å². The Morgan fingerprint density at radius 3 is 2.31 bits per heavy atom. The molecule has 2 heteroatoms. The Morgan fingerprint density at radius 2 is 1.88 bits per heavy atom. The minimum Gasteiger partial charge on any atom is -0.481 e. The molecular weight excluding hydrogens is 200 g/mol. The zero-order valence-corrected chi connectivity index (χ0v) is 11.0. The highest BCUT2D eigenvalue weighted by Gasteiger charge is 2.44. The highest BCUT2D eigenvalue weighted by molar-refractivity contribution is 5.75. The fourth-order valence-corrected chi connectivity index (χ4v) is 3.47. The monoisotopic (exact) mass is 226 g/mol. The number of rotatable bonds is 5. The molecule has 1 rings (SSSR count). The van der Waals surface area contributed by atoms with Gasteiger partial charge in [0.1, 0.15) is 0 Å². The Balaban J connectivity index is 2.81. The van der Waals surface area contributed by atoms with Crippen molar-refractivity contribution in [2.45, 2.75) is 65.7 Å².